The largest absolute Gasteiger partial charge is 0.334 e. The minimum Gasteiger partial charge on any atom is -0.334 e. The standard InChI is InChI=1S/C20H22N4O3S.ClH/c1-13-4-7-16(12-14(13)2)24-28(25,26)17-8-5-15(6-9-17)18-22-19(23-27-18)20(21)10-3-11-20;/h4-9,12,24H,3,10-11,21H2,1-2H3;1H. The molecule has 0 amide bonds. The third-order valence-electron chi connectivity index (χ3n) is 5.29. The number of halogens is 1. The fourth-order valence-electron chi connectivity index (χ4n) is 3.12. The highest BCUT2D eigenvalue weighted by atomic mass is 35.5. The molecule has 0 unspecified atom stereocenters. The Balaban J connectivity index is 0.00000240. The van der Waals surface area contributed by atoms with Gasteiger partial charge in [0.25, 0.3) is 15.9 Å². The van der Waals surface area contributed by atoms with Crippen LogP contribution in [0.25, 0.3) is 11.5 Å². The van der Waals surface area contributed by atoms with Crippen LogP contribution in [0.5, 0.6) is 0 Å². The highest BCUT2D eigenvalue weighted by Crippen LogP contribution is 2.37. The normalized spacial score (nSPS) is 15.3. The van der Waals surface area contributed by atoms with Crippen molar-refractivity contribution in [1.29, 1.82) is 0 Å². The third kappa shape index (κ3) is 4.14. The van der Waals surface area contributed by atoms with Crippen molar-refractivity contribution >= 4 is 28.1 Å². The molecular weight excluding hydrogens is 412 g/mol. The minimum atomic E-state index is -3.69. The zero-order valence-electron chi connectivity index (χ0n) is 16.2. The number of hydrogen-bond acceptors (Lipinski definition) is 6. The van der Waals surface area contributed by atoms with Crippen molar-refractivity contribution in [2.24, 2.45) is 5.73 Å². The Labute approximate surface area is 176 Å². The Morgan fingerprint density at radius 3 is 2.34 bits per heavy atom. The van der Waals surface area contributed by atoms with E-state index >= 15 is 0 Å². The molecule has 154 valence electrons. The number of aryl methyl sites for hydroxylation is 2. The van der Waals surface area contributed by atoms with Crippen molar-refractivity contribution in [2.45, 2.75) is 43.5 Å². The first-order valence-corrected chi connectivity index (χ1v) is 10.6. The van der Waals surface area contributed by atoms with Crippen molar-refractivity contribution < 1.29 is 12.9 Å². The lowest BCUT2D eigenvalue weighted by Gasteiger charge is -2.34. The molecule has 0 bridgehead atoms. The van der Waals surface area contributed by atoms with E-state index in [1.54, 1.807) is 18.2 Å². The van der Waals surface area contributed by atoms with Crippen LogP contribution < -0.4 is 10.5 Å². The van der Waals surface area contributed by atoms with Gasteiger partial charge in [-0.05, 0) is 80.6 Å². The zero-order valence-corrected chi connectivity index (χ0v) is 17.8. The molecule has 0 spiro atoms. The van der Waals surface area contributed by atoms with Gasteiger partial charge in [0, 0.05) is 11.3 Å². The Bertz CT molecular complexity index is 1120. The van der Waals surface area contributed by atoms with E-state index in [9.17, 15) is 8.42 Å². The number of nitrogens with one attached hydrogen (secondary N) is 1. The second kappa shape index (κ2) is 7.78. The third-order valence-corrected chi connectivity index (χ3v) is 6.69. The summed E-state index contributed by atoms with van der Waals surface area (Å²) in [5.74, 6) is 0.833. The maximum absolute atomic E-state index is 12.6. The molecule has 0 saturated heterocycles. The maximum atomic E-state index is 12.6. The summed E-state index contributed by atoms with van der Waals surface area (Å²) in [5, 5.41) is 3.99. The fraction of sp³-hybridized carbons (Fsp3) is 0.300. The van der Waals surface area contributed by atoms with Gasteiger partial charge in [-0.15, -0.1) is 12.4 Å². The van der Waals surface area contributed by atoms with Gasteiger partial charge in [-0.1, -0.05) is 11.2 Å². The molecule has 4 rings (SSSR count). The van der Waals surface area contributed by atoms with Crippen LogP contribution in [0.1, 0.15) is 36.2 Å². The molecule has 1 aliphatic carbocycles. The number of rotatable bonds is 5. The predicted octanol–water partition coefficient (Wildman–Crippen LogP) is 3.91. The topological polar surface area (TPSA) is 111 Å². The molecule has 1 aliphatic rings. The van der Waals surface area contributed by atoms with Gasteiger partial charge < -0.3 is 10.3 Å². The van der Waals surface area contributed by atoms with E-state index in [0.717, 1.165) is 30.4 Å². The van der Waals surface area contributed by atoms with Gasteiger partial charge in [0.2, 0.25) is 0 Å². The van der Waals surface area contributed by atoms with Crippen LogP contribution in [0, 0.1) is 13.8 Å². The van der Waals surface area contributed by atoms with Crippen LogP contribution >= 0.6 is 12.4 Å². The molecular formula is C20H23ClN4O3S. The van der Waals surface area contributed by atoms with Gasteiger partial charge in [-0.25, -0.2) is 8.42 Å². The van der Waals surface area contributed by atoms with E-state index in [1.807, 2.05) is 26.0 Å². The van der Waals surface area contributed by atoms with E-state index in [-0.39, 0.29) is 17.3 Å². The Kier molecular flexibility index (Phi) is 5.71. The summed E-state index contributed by atoms with van der Waals surface area (Å²) in [6, 6.07) is 11.8. The van der Waals surface area contributed by atoms with Crippen molar-refractivity contribution in [3.8, 4) is 11.5 Å². The van der Waals surface area contributed by atoms with Gasteiger partial charge >= 0.3 is 0 Å². The van der Waals surface area contributed by atoms with Gasteiger partial charge in [0.05, 0.1) is 10.4 Å². The minimum absolute atomic E-state index is 0. The molecule has 3 aromatic rings. The summed E-state index contributed by atoms with van der Waals surface area (Å²) in [7, 11) is -3.69. The molecule has 0 atom stereocenters. The number of anilines is 1. The lowest BCUT2D eigenvalue weighted by atomic mass is 9.77. The Morgan fingerprint density at radius 1 is 1.07 bits per heavy atom. The Hall–Kier alpha value is -2.42. The van der Waals surface area contributed by atoms with Gasteiger partial charge in [0.15, 0.2) is 5.82 Å². The summed E-state index contributed by atoms with van der Waals surface area (Å²) in [4.78, 5) is 4.54. The van der Waals surface area contributed by atoms with E-state index in [0.29, 0.717) is 23.0 Å². The quantitative estimate of drug-likeness (QED) is 0.629. The van der Waals surface area contributed by atoms with Gasteiger partial charge in [-0.3, -0.25) is 4.72 Å². The highest BCUT2D eigenvalue weighted by molar-refractivity contribution is 7.92. The summed E-state index contributed by atoms with van der Waals surface area (Å²) in [6.07, 6.45) is 2.74. The van der Waals surface area contributed by atoms with Crippen LogP contribution in [0.3, 0.4) is 0 Å². The molecule has 0 aliphatic heterocycles. The summed E-state index contributed by atoms with van der Waals surface area (Å²) in [6.45, 7) is 3.92. The second-order valence-corrected chi connectivity index (χ2v) is 9.04. The molecule has 7 nitrogen and oxygen atoms in total. The number of nitrogens with two attached hydrogens (primary N) is 1. The van der Waals surface area contributed by atoms with Crippen molar-refractivity contribution in [3.63, 3.8) is 0 Å². The molecule has 1 aromatic heterocycles. The number of nitrogens with zero attached hydrogens (tertiary/aromatic N) is 2. The molecule has 1 saturated carbocycles. The molecule has 0 radical (unpaired) electrons. The van der Waals surface area contributed by atoms with Crippen LogP contribution in [0.4, 0.5) is 5.69 Å². The SMILES string of the molecule is Cc1ccc(NS(=O)(=O)c2ccc(-c3nc(C4(N)CCC4)no3)cc2)cc1C.Cl. The first-order chi connectivity index (χ1) is 13.3. The number of aromatic nitrogens is 2. The number of sulfonamides is 1. The van der Waals surface area contributed by atoms with Crippen LogP contribution in [0.2, 0.25) is 0 Å². The van der Waals surface area contributed by atoms with Crippen LogP contribution in [-0.2, 0) is 15.6 Å². The fourth-order valence-corrected chi connectivity index (χ4v) is 4.17. The van der Waals surface area contributed by atoms with Crippen LogP contribution in [-0.4, -0.2) is 18.6 Å². The van der Waals surface area contributed by atoms with Crippen molar-refractivity contribution in [2.75, 3.05) is 4.72 Å². The first kappa shape index (κ1) is 21.3. The van der Waals surface area contributed by atoms with E-state index in [1.165, 1.54) is 12.1 Å². The summed E-state index contributed by atoms with van der Waals surface area (Å²) >= 11 is 0. The highest BCUT2D eigenvalue weighted by Gasteiger charge is 2.39. The zero-order chi connectivity index (χ0) is 19.9. The van der Waals surface area contributed by atoms with Crippen molar-refractivity contribution in [1.82, 2.24) is 10.1 Å². The lowest BCUT2D eigenvalue weighted by Crippen LogP contribution is -2.44. The maximum Gasteiger partial charge on any atom is 0.261 e. The number of benzene rings is 2. The smallest absolute Gasteiger partial charge is 0.261 e. The molecule has 1 fully saturated rings. The molecule has 9 heteroatoms. The van der Waals surface area contributed by atoms with Gasteiger partial charge in [-0.2, -0.15) is 4.98 Å². The Morgan fingerprint density at radius 2 is 1.76 bits per heavy atom. The first-order valence-electron chi connectivity index (χ1n) is 9.10. The van der Waals surface area contributed by atoms with E-state index < -0.39 is 15.6 Å². The summed E-state index contributed by atoms with van der Waals surface area (Å²) in [5.41, 5.74) is 9.02. The average Bonchev–Trinajstić information content (AvgIpc) is 3.13. The van der Waals surface area contributed by atoms with Gasteiger partial charge in [0.1, 0.15) is 0 Å². The summed E-state index contributed by atoms with van der Waals surface area (Å²) < 4.78 is 33.2. The van der Waals surface area contributed by atoms with E-state index in [4.69, 9.17) is 10.3 Å². The predicted molar refractivity (Wildman–Crippen MR) is 113 cm³/mol. The lowest BCUT2D eigenvalue weighted by molar-refractivity contribution is 0.229. The second-order valence-electron chi connectivity index (χ2n) is 7.36. The monoisotopic (exact) mass is 434 g/mol. The number of hydrogen-bond donors (Lipinski definition) is 2. The van der Waals surface area contributed by atoms with E-state index in [2.05, 4.69) is 14.9 Å². The molecule has 3 N–H and O–H groups in total. The average molecular weight is 435 g/mol. The molecule has 29 heavy (non-hydrogen) atoms. The molecule has 2 aromatic carbocycles. The van der Waals surface area contributed by atoms with Crippen molar-refractivity contribution in [3.05, 3.63) is 59.4 Å². The molecule has 1 heterocycles. The van der Waals surface area contributed by atoms with Crippen LogP contribution in [0.15, 0.2) is 51.9 Å².